The number of amides is 1. The lowest BCUT2D eigenvalue weighted by molar-refractivity contribution is -0.160. The summed E-state index contributed by atoms with van der Waals surface area (Å²) in [6, 6.07) is 13.4. The van der Waals surface area contributed by atoms with Crippen molar-refractivity contribution in [1.82, 2.24) is 4.90 Å². The Kier molecular flexibility index (Phi) is 6.43. The summed E-state index contributed by atoms with van der Waals surface area (Å²) in [7, 11) is 0. The number of carbonyl (C=O) groups is 2. The van der Waals surface area contributed by atoms with Crippen LogP contribution < -0.4 is 9.47 Å². The van der Waals surface area contributed by atoms with E-state index in [1.165, 1.54) is 0 Å². The summed E-state index contributed by atoms with van der Waals surface area (Å²) >= 11 is 0. The van der Waals surface area contributed by atoms with E-state index in [0.29, 0.717) is 35.7 Å². The van der Waals surface area contributed by atoms with Gasteiger partial charge in [0.1, 0.15) is 0 Å². The average Bonchev–Trinajstić information content (AvgIpc) is 3.52. The Morgan fingerprint density at radius 3 is 2.24 bits per heavy atom. The molecule has 7 heteroatoms. The molecule has 3 aromatic rings. The van der Waals surface area contributed by atoms with Gasteiger partial charge in [0.2, 0.25) is 6.79 Å². The number of benzene rings is 3. The Labute approximate surface area is 222 Å². The zero-order valence-electron chi connectivity index (χ0n) is 22.7. The van der Waals surface area contributed by atoms with Crippen LogP contribution >= 0.6 is 0 Å². The molecular formula is C31H33NO6. The number of para-hydroxylation sites is 1. The highest BCUT2D eigenvalue weighted by atomic mass is 16.7. The number of aryl methyl sites for hydroxylation is 1. The van der Waals surface area contributed by atoms with Crippen LogP contribution in [0.4, 0.5) is 0 Å². The Bertz CT molecular complexity index is 1430. The van der Waals surface area contributed by atoms with Crippen LogP contribution in [0.1, 0.15) is 70.6 Å². The van der Waals surface area contributed by atoms with Crippen LogP contribution in [0, 0.1) is 20.8 Å². The maximum absolute atomic E-state index is 13.7. The fourth-order valence-corrected chi connectivity index (χ4v) is 5.44. The van der Waals surface area contributed by atoms with Crippen molar-refractivity contribution >= 4 is 11.9 Å². The van der Waals surface area contributed by atoms with Crippen molar-refractivity contribution in [3.05, 3.63) is 81.4 Å². The summed E-state index contributed by atoms with van der Waals surface area (Å²) in [5.41, 5.74) is 7.12. The lowest BCUT2D eigenvalue weighted by Gasteiger charge is -2.29. The largest absolute Gasteiger partial charge is 0.479 e. The Morgan fingerprint density at radius 1 is 0.947 bits per heavy atom. The van der Waals surface area contributed by atoms with E-state index in [0.717, 1.165) is 38.9 Å². The van der Waals surface area contributed by atoms with Crippen LogP contribution in [0.3, 0.4) is 0 Å². The van der Waals surface area contributed by atoms with Gasteiger partial charge in [0.15, 0.2) is 17.6 Å². The third-order valence-corrected chi connectivity index (χ3v) is 7.23. The molecule has 7 nitrogen and oxygen atoms in total. The van der Waals surface area contributed by atoms with Crippen LogP contribution in [-0.2, 0) is 22.6 Å². The lowest BCUT2D eigenvalue weighted by atomic mass is 9.83. The van der Waals surface area contributed by atoms with Gasteiger partial charge >= 0.3 is 5.97 Å². The molecule has 0 spiro atoms. The molecule has 0 saturated heterocycles. The molecule has 1 unspecified atom stereocenters. The van der Waals surface area contributed by atoms with Gasteiger partial charge in [-0.1, -0.05) is 35.9 Å². The van der Waals surface area contributed by atoms with Crippen molar-refractivity contribution < 1.29 is 28.9 Å². The summed E-state index contributed by atoms with van der Waals surface area (Å²) in [6.07, 6.45) is -1.16. The molecule has 38 heavy (non-hydrogen) atoms. The van der Waals surface area contributed by atoms with E-state index in [-0.39, 0.29) is 12.7 Å². The Hall–Kier alpha value is -3.84. The summed E-state index contributed by atoms with van der Waals surface area (Å²) < 4.78 is 17.2. The highest BCUT2D eigenvalue weighted by Crippen LogP contribution is 2.44. The molecule has 2 aliphatic rings. The van der Waals surface area contributed by atoms with Crippen molar-refractivity contribution in [3.8, 4) is 22.6 Å². The minimum absolute atomic E-state index is 0.0890. The minimum Gasteiger partial charge on any atom is -0.479 e. The predicted octanol–water partition coefficient (Wildman–Crippen LogP) is 6.10. The number of hydrogen-bond acceptors (Lipinski definition) is 5. The smallest absolute Gasteiger partial charge is 0.337 e. The van der Waals surface area contributed by atoms with Crippen LogP contribution in [0.5, 0.6) is 11.5 Å². The summed E-state index contributed by atoms with van der Waals surface area (Å²) in [4.78, 5) is 28.1. The van der Waals surface area contributed by atoms with Gasteiger partial charge in [-0.25, -0.2) is 4.79 Å². The first-order valence-corrected chi connectivity index (χ1v) is 12.8. The first kappa shape index (κ1) is 25.8. The van der Waals surface area contributed by atoms with Crippen molar-refractivity contribution in [2.45, 2.75) is 66.3 Å². The molecule has 1 amide bonds. The quantitative estimate of drug-likeness (QED) is 0.442. The Morgan fingerprint density at radius 2 is 1.61 bits per heavy atom. The van der Waals surface area contributed by atoms with Crippen molar-refractivity contribution in [3.63, 3.8) is 0 Å². The van der Waals surface area contributed by atoms with Crippen molar-refractivity contribution in [2.24, 2.45) is 0 Å². The predicted molar refractivity (Wildman–Crippen MR) is 143 cm³/mol. The second-order valence-electron chi connectivity index (χ2n) is 11.0. The summed E-state index contributed by atoms with van der Waals surface area (Å²) in [6.45, 7) is 12.4. The topological polar surface area (TPSA) is 85.3 Å². The molecular weight excluding hydrogens is 482 g/mol. The van der Waals surface area contributed by atoms with Crippen molar-refractivity contribution in [1.29, 1.82) is 0 Å². The maximum atomic E-state index is 13.7. The van der Waals surface area contributed by atoms with E-state index in [2.05, 4.69) is 0 Å². The van der Waals surface area contributed by atoms with Gasteiger partial charge in [0.25, 0.3) is 5.91 Å². The number of aliphatic carboxylic acids is 1. The monoisotopic (exact) mass is 515 g/mol. The third kappa shape index (κ3) is 4.52. The zero-order chi connectivity index (χ0) is 27.4. The van der Waals surface area contributed by atoms with Gasteiger partial charge in [0.05, 0.1) is 11.2 Å². The number of carbonyl (C=O) groups excluding carboxylic acids is 1. The molecule has 2 aliphatic heterocycles. The number of fused-ring (bicyclic) bond motifs is 2. The van der Waals surface area contributed by atoms with E-state index < -0.39 is 17.7 Å². The first-order chi connectivity index (χ1) is 18.0. The van der Waals surface area contributed by atoms with Crippen LogP contribution in [0.25, 0.3) is 11.1 Å². The van der Waals surface area contributed by atoms with Crippen LogP contribution in [0.15, 0.2) is 42.5 Å². The molecule has 1 N–H and O–H groups in total. The fourth-order valence-electron chi connectivity index (χ4n) is 5.44. The second-order valence-corrected chi connectivity index (χ2v) is 11.0. The highest BCUT2D eigenvalue weighted by molar-refractivity contribution is 5.98. The molecule has 0 aromatic heterocycles. The molecule has 0 aliphatic carbocycles. The molecule has 0 fully saturated rings. The lowest BCUT2D eigenvalue weighted by Crippen LogP contribution is -2.28. The van der Waals surface area contributed by atoms with E-state index >= 15 is 0 Å². The molecule has 0 radical (unpaired) electrons. The normalized spacial score (nSPS) is 14.9. The minimum atomic E-state index is -1.16. The van der Waals surface area contributed by atoms with Gasteiger partial charge in [-0.05, 0) is 87.1 Å². The Balaban J connectivity index is 1.65. The van der Waals surface area contributed by atoms with Crippen LogP contribution in [0.2, 0.25) is 0 Å². The summed E-state index contributed by atoms with van der Waals surface area (Å²) in [5, 5.41) is 10.3. The molecule has 0 bridgehead atoms. The SMILES string of the molecule is Cc1ccc(-c2c(C)c3c(c(C)c2C(OC(C)(C)C)C(=O)O)CN(C(=O)c2cccc4c2OCO4)C3)cc1. The van der Waals surface area contributed by atoms with E-state index in [4.69, 9.17) is 14.2 Å². The van der Waals surface area contributed by atoms with E-state index in [1.54, 1.807) is 23.1 Å². The zero-order valence-corrected chi connectivity index (χ0v) is 22.7. The molecule has 0 saturated carbocycles. The number of nitrogens with zero attached hydrogens (tertiary/aromatic N) is 1. The van der Waals surface area contributed by atoms with Crippen LogP contribution in [-0.4, -0.2) is 34.3 Å². The standard InChI is InChI=1S/C31H33NO6/c1-17-10-12-20(13-11-17)25-18(2)22-14-32(29(33)21-8-7-9-24-27(21)37-16-36-24)15-23(22)19(3)26(25)28(30(34)35)38-31(4,5)6/h7-13,28H,14-16H2,1-6H3,(H,34,35). The molecule has 5 rings (SSSR count). The second kappa shape index (κ2) is 9.48. The number of ether oxygens (including phenoxy) is 3. The molecule has 1 atom stereocenters. The number of carboxylic acids is 1. The number of carboxylic acid groups (broad SMARTS) is 1. The van der Waals surface area contributed by atoms with Gasteiger partial charge in [0, 0.05) is 18.7 Å². The number of hydrogen-bond donors (Lipinski definition) is 1. The highest BCUT2D eigenvalue weighted by Gasteiger charge is 2.37. The fraction of sp³-hybridized carbons (Fsp3) is 0.355. The van der Waals surface area contributed by atoms with Gasteiger partial charge in [-0.3, -0.25) is 4.79 Å². The van der Waals surface area contributed by atoms with E-state index in [9.17, 15) is 14.7 Å². The first-order valence-electron chi connectivity index (χ1n) is 12.8. The molecule has 198 valence electrons. The molecule has 3 aromatic carbocycles. The average molecular weight is 516 g/mol. The maximum Gasteiger partial charge on any atom is 0.337 e. The third-order valence-electron chi connectivity index (χ3n) is 7.23. The van der Waals surface area contributed by atoms with Gasteiger partial charge < -0.3 is 24.2 Å². The summed E-state index contributed by atoms with van der Waals surface area (Å²) in [5.74, 6) is -0.167. The van der Waals surface area contributed by atoms with Gasteiger partial charge in [-0.15, -0.1) is 0 Å². The van der Waals surface area contributed by atoms with Crippen molar-refractivity contribution in [2.75, 3.05) is 6.79 Å². The molecule has 2 heterocycles. The van der Waals surface area contributed by atoms with Gasteiger partial charge in [-0.2, -0.15) is 0 Å². The number of rotatable bonds is 5. The van der Waals surface area contributed by atoms with E-state index in [1.807, 2.05) is 65.8 Å².